The molecule has 7 nitrogen and oxygen atoms in total. The van der Waals surface area contributed by atoms with Crippen LogP contribution >= 0.6 is 11.8 Å². The molecule has 1 unspecified atom stereocenters. The standard InChI is InChI=1S/C15H17N5O2S/c1-4-9-17-14(21)10(2)23-15-19-18-13(20(15)16)11-7-5-6-8-12(11)22-3/h1,5-8,10H,9,16H2,2-3H3,(H,17,21). The zero-order valence-corrected chi connectivity index (χ0v) is 13.6. The van der Waals surface area contributed by atoms with Gasteiger partial charge in [0, 0.05) is 0 Å². The Morgan fingerprint density at radius 3 is 2.96 bits per heavy atom. The topological polar surface area (TPSA) is 95.1 Å². The van der Waals surface area contributed by atoms with Crippen LogP contribution in [0.4, 0.5) is 0 Å². The number of aromatic nitrogens is 3. The maximum atomic E-state index is 11.8. The average Bonchev–Trinajstić information content (AvgIpc) is 2.93. The Hall–Kier alpha value is -2.66. The number of hydrogen-bond acceptors (Lipinski definition) is 6. The molecule has 0 radical (unpaired) electrons. The number of amides is 1. The van der Waals surface area contributed by atoms with Gasteiger partial charge in [0.25, 0.3) is 0 Å². The van der Waals surface area contributed by atoms with Crippen molar-refractivity contribution in [3.63, 3.8) is 0 Å². The zero-order chi connectivity index (χ0) is 16.8. The second-order valence-electron chi connectivity index (χ2n) is 4.56. The first-order chi connectivity index (χ1) is 11.1. The van der Waals surface area contributed by atoms with Crippen molar-refractivity contribution >= 4 is 17.7 Å². The monoisotopic (exact) mass is 331 g/mol. The van der Waals surface area contributed by atoms with Crippen LogP contribution in [0.1, 0.15) is 6.92 Å². The first-order valence-electron chi connectivity index (χ1n) is 6.80. The molecule has 1 amide bonds. The highest BCUT2D eigenvalue weighted by atomic mass is 32.2. The number of para-hydroxylation sites is 1. The van der Waals surface area contributed by atoms with Crippen LogP contribution in [0, 0.1) is 12.3 Å². The number of nitrogens with two attached hydrogens (primary N) is 1. The highest BCUT2D eigenvalue weighted by Gasteiger charge is 2.20. The number of nitrogens with one attached hydrogen (secondary N) is 1. The molecule has 0 saturated carbocycles. The largest absolute Gasteiger partial charge is 0.496 e. The van der Waals surface area contributed by atoms with Gasteiger partial charge in [-0.1, -0.05) is 29.8 Å². The predicted octanol–water partition coefficient (Wildman–Crippen LogP) is 0.897. The summed E-state index contributed by atoms with van der Waals surface area (Å²) in [5.74, 6) is 9.33. The van der Waals surface area contributed by atoms with Gasteiger partial charge in [0.05, 0.1) is 24.5 Å². The van der Waals surface area contributed by atoms with E-state index in [1.807, 2.05) is 24.3 Å². The summed E-state index contributed by atoms with van der Waals surface area (Å²) in [4.78, 5) is 11.8. The minimum atomic E-state index is -0.402. The van der Waals surface area contributed by atoms with Crippen molar-refractivity contribution in [1.29, 1.82) is 0 Å². The van der Waals surface area contributed by atoms with Crippen LogP contribution in [0.15, 0.2) is 29.4 Å². The van der Waals surface area contributed by atoms with Crippen molar-refractivity contribution < 1.29 is 9.53 Å². The van der Waals surface area contributed by atoms with Crippen molar-refractivity contribution in [2.75, 3.05) is 19.5 Å². The average molecular weight is 331 g/mol. The van der Waals surface area contributed by atoms with Gasteiger partial charge >= 0.3 is 0 Å². The molecule has 8 heteroatoms. The van der Waals surface area contributed by atoms with E-state index >= 15 is 0 Å². The van der Waals surface area contributed by atoms with Crippen molar-refractivity contribution in [2.45, 2.75) is 17.3 Å². The first-order valence-corrected chi connectivity index (χ1v) is 7.68. The van der Waals surface area contributed by atoms with Crippen LogP contribution in [0.25, 0.3) is 11.4 Å². The number of nitrogens with zero attached hydrogens (tertiary/aromatic N) is 3. The van der Waals surface area contributed by atoms with Crippen LogP contribution in [-0.2, 0) is 4.79 Å². The van der Waals surface area contributed by atoms with Crippen LogP contribution in [0.5, 0.6) is 5.75 Å². The van der Waals surface area contributed by atoms with E-state index in [-0.39, 0.29) is 12.5 Å². The molecular weight excluding hydrogens is 314 g/mol. The van der Waals surface area contributed by atoms with E-state index < -0.39 is 5.25 Å². The van der Waals surface area contributed by atoms with Crippen LogP contribution in [0.2, 0.25) is 0 Å². The number of ether oxygens (including phenoxy) is 1. The minimum Gasteiger partial charge on any atom is -0.496 e. The van der Waals surface area contributed by atoms with Gasteiger partial charge in [-0.05, 0) is 19.1 Å². The van der Waals surface area contributed by atoms with Crippen LogP contribution in [-0.4, -0.2) is 39.7 Å². The molecule has 23 heavy (non-hydrogen) atoms. The third-order valence-corrected chi connectivity index (χ3v) is 4.09. The molecule has 2 rings (SSSR count). The molecule has 0 aliphatic carbocycles. The number of nitrogen functional groups attached to an aromatic ring is 1. The van der Waals surface area contributed by atoms with Crippen molar-refractivity contribution in [3.8, 4) is 29.5 Å². The summed E-state index contributed by atoms with van der Waals surface area (Å²) in [5.41, 5.74) is 0.723. The summed E-state index contributed by atoms with van der Waals surface area (Å²) in [7, 11) is 1.57. The molecule has 1 atom stereocenters. The van der Waals surface area contributed by atoms with E-state index in [9.17, 15) is 4.79 Å². The van der Waals surface area contributed by atoms with E-state index in [0.717, 1.165) is 5.56 Å². The zero-order valence-electron chi connectivity index (χ0n) is 12.8. The number of benzene rings is 1. The van der Waals surface area contributed by atoms with Gasteiger partial charge in [0.2, 0.25) is 11.1 Å². The Bertz CT molecular complexity index is 738. The number of terminal acetylenes is 1. The van der Waals surface area contributed by atoms with Crippen LogP contribution in [0.3, 0.4) is 0 Å². The quantitative estimate of drug-likeness (QED) is 0.464. The molecule has 0 bridgehead atoms. The van der Waals surface area contributed by atoms with E-state index in [0.29, 0.717) is 16.7 Å². The Balaban J connectivity index is 2.20. The molecular formula is C15H17N5O2S. The highest BCUT2D eigenvalue weighted by Crippen LogP contribution is 2.30. The van der Waals surface area contributed by atoms with Gasteiger partial charge in [0.15, 0.2) is 5.82 Å². The highest BCUT2D eigenvalue weighted by molar-refractivity contribution is 8.00. The van der Waals surface area contributed by atoms with Gasteiger partial charge < -0.3 is 15.9 Å². The van der Waals surface area contributed by atoms with E-state index in [2.05, 4.69) is 21.4 Å². The Morgan fingerprint density at radius 1 is 1.52 bits per heavy atom. The van der Waals surface area contributed by atoms with Gasteiger partial charge in [-0.3, -0.25) is 4.79 Å². The summed E-state index contributed by atoms with van der Waals surface area (Å²) in [6.07, 6.45) is 5.12. The summed E-state index contributed by atoms with van der Waals surface area (Å²) in [6.45, 7) is 1.93. The minimum absolute atomic E-state index is 0.185. The van der Waals surface area contributed by atoms with E-state index in [4.69, 9.17) is 17.0 Å². The van der Waals surface area contributed by atoms with Gasteiger partial charge in [-0.15, -0.1) is 16.6 Å². The molecule has 2 aromatic rings. The third-order valence-electron chi connectivity index (χ3n) is 3.03. The fourth-order valence-corrected chi connectivity index (χ4v) is 2.66. The molecule has 120 valence electrons. The second kappa shape index (κ2) is 7.56. The lowest BCUT2D eigenvalue weighted by atomic mass is 10.2. The molecule has 0 aliphatic rings. The second-order valence-corrected chi connectivity index (χ2v) is 5.87. The number of methoxy groups -OCH3 is 1. The lowest BCUT2D eigenvalue weighted by Gasteiger charge is -2.10. The summed E-state index contributed by atoms with van der Waals surface area (Å²) < 4.78 is 6.64. The molecule has 0 saturated heterocycles. The smallest absolute Gasteiger partial charge is 0.234 e. The molecule has 1 aromatic heterocycles. The predicted molar refractivity (Wildman–Crippen MR) is 89.3 cm³/mol. The summed E-state index contributed by atoms with van der Waals surface area (Å²) >= 11 is 1.20. The van der Waals surface area contributed by atoms with Gasteiger partial charge in [0.1, 0.15) is 5.75 Å². The molecule has 1 heterocycles. The fourth-order valence-electron chi connectivity index (χ4n) is 1.86. The third kappa shape index (κ3) is 3.76. The van der Waals surface area contributed by atoms with Crippen molar-refractivity contribution in [1.82, 2.24) is 20.2 Å². The molecule has 0 fully saturated rings. The Morgan fingerprint density at radius 2 is 2.26 bits per heavy atom. The SMILES string of the molecule is C#CCNC(=O)C(C)Sc1nnc(-c2ccccc2OC)n1N. The van der Waals surface area contributed by atoms with E-state index in [1.165, 1.54) is 16.4 Å². The van der Waals surface area contributed by atoms with Gasteiger partial charge in [-0.25, -0.2) is 4.68 Å². The fraction of sp³-hybridized carbons (Fsp3) is 0.267. The summed E-state index contributed by atoms with van der Waals surface area (Å²) in [6, 6.07) is 7.36. The molecule has 0 aliphatic heterocycles. The van der Waals surface area contributed by atoms with Crippen molar-refractivity contribution in [3.05, 3.63) is 24.3 Å². The molecule has 0 spiro atoms. The molecule has 1 aromatic carbocycles. The number of rotatable bonds is 6. The normalized spacial score (nSPS) is 11.5. The maximum absolute atomic E-state index is 11.8. The number of carbonyl (C=O) groups is 1. The van der Waals surface area contributed by atoms with Crippen LogP contribution < -0.4 is 15.9 Å². The number of thioether (sulfide) groups is 1. The maximum Gasteiger partial charge on any atom is 0.234 e. The molecule has 3 N–H and O–H groups in total. The van der Waals surface area contributed by atoms with E-state index in [1.54, 1.807) is 14.0 Å². The van der Waals surface area contributed by atoms with Gasteiger partial charge in [-0.2, -0.15) is 0 Å². The Kier molecular flexibility index (Phi) is 5.49. The lowest BCUT2D eigenvalue weighted by molar-refractivity contribution is -0.120. The number of carbonyl (C=O) groups excluding carboxylic acids is 1. The first kappa shape index (κ1) is 16.7. The lowest BCUT2D eigenvalue weighted by Crippen LogP contribution is -2.31. The summed E-state index contributed by atoms with van der Waals surface area (Å²) in [5, 5.41) is 10.8. The van der Waals surface area contributed by atoms with Crippen molar-refractivity contribution in [2.24, 2.45) is 0 Å². The number of hydrogen-bond donors (Lipinski definition) is 2. The Labute approximate surface area is 138 Å².